The summed E-state index contributed by atoms with van der Waals surface area (Å²) >= 11 is 3.02. The number of benzene rings is 2. The Morgan fingerprint density at radius 3 is 2.39 bits per heavy atom. The third kappa shape index (κ3) is 4.32. The highest BCUT2D eigenvalue weighted by Crippen LogP contribution is 2.33. The van der Waals surface area contributed by atoms with Crippen LogP contribution in [0.5, 0.6) is 0 Å². The van der Waals surface area contributed by atoms with E-state index in [9.17, 15) is 4.79 Å². The fourth-order valence-corrected chi connectivity index (χ4v) is 4.39. The van der Waals surface area contributed by atoms with Crippen LogP contribution in [0.15, 0.2) is 71.2 Å². The quantitative estimate of drug-likeness (QED) is 0.418. The van der Waals surface area contributed by atoms with Gasteiger partial charge in [-0.2, -0.15) is 0 Å². The molecule has 2 heterocycles. The molecule has 0 aliphatic carbocycles. The van der Waals surface area contributed by atoms with Crippen LogP contribution in [0.25, 0.3) is 22.5 Å². The molecule has 0 bridgehead atoms. The van der Waals surface area contributed by atoms with Crippen LogP contribution in [-0.4, -0.2) is 20.9 Å². The third-order valence-electron chi connectivity index (χ3n) is 3.98. The summed E-state index contributed by atoms with van der Waals surface area (Å²) in [6.07, 6.45) is 0. The van der Waals surface area contributed by atoms with Gasteiger partial charge in [0.15, 0.2) is 10.3 Å². The maximum Gasteiger partial charge on any atom is 0.223 e. The Labute approximate surface area is 171 Å². The van der Waals surface area contributed by atoms with Crippen molar-refractivity contribution in [3.8, 4) is 22.5 Å². The van der Waals surface area contributed by atoms with Crippen LogP contribution in [-0.2, 0) is 10.5 Å². The van der Waals surface area contributed by atoms with Gasteiger partial charge in [0.05, 0.1) is 17.1 Å². The minimum Gasteiger partial charge on any atom is -0.332 e. The van der Waals surface area contributed by atoms with E-state index in [1.54, 1.807) is 11.8 Å². The number of H-pyrrole nitrogens is 1. The Hall–Kier alpha value is -2.90. The molecule has 0 atom stereocenters. The molecule has 0 spiro atoms. The zero-order valence-electron chi connectivity index (χ0n) is 15.2. The lowest BCUT2D eigenvalue weighted by molar-refractivity contribution is -0.114. The molecule has 28 heavy (non-hydrogen) atoms. The van der Waals surface area contributed by atoms with E-state index in [2.05, 4.69) is 39.6 Å². The van der Waals surface area contributed by atoms with Crippen molar-refractivity contribution in [1.82, 2.24) is 15.0 Å². The molecule has 4 rings (SSSR count). The summed E-state index contributed by atoms with van der Waals surface area (Å²) in [6.45, 7) is 1.48. The van der Waals surface area contributed by atoms with Crippen molar-refractivity contribution in [2.75, 3.05) is 5.32 Å². The minimum atomic E-state index is -0.111. The number of aromatic nitrogens is 3. The number of carbonyl (C=O) groups excluding carboxylic acids is 1. The van der Waals surface area contributed by atoms with Gasteiger partial charge in [0.2, 0.25) is 5.91 Å². The first-order valence-electron chi connectivity index (χ1n) is 8.74. The van der Waals surface area contributed by atoms with Crippen LogP contribution < -0.4 is 5.32 Å². The SMILES string of the molecule is CC(=O)Nc1nc(CSc2nc(-c3ccccc3)c(-c3ccccc3)[nH]2)cs1. The molecule has 0 aliphatic rings. The predicted octanol–water partition coefficient (Wildman–Crippen LogP) is 5.45. The minimum absolute atomic E-state index is 0.111. The summed E-state index contributed by atoms with van der Waals surface area (Å²) < 4.78 is 0. The molecule has 0 unspecified atom stereocenters. The number of thioether (sulfide) groups is 1. The fraction of sp³-hybridized carbons (Fsp3) is 0.0952. The first-order chi connectivity index (χ1) is 13.7. The normalized spacial score (nSPS) is 10.8. The fourth-order valence-electron chi connectivity index (χ4n) is 2.76. The molecule has 0 radical (unpaired) electrons. The van der Waals surface area contributed by atoms with Gasteiger partial charge in [-0.3, -0.25) is 4.79 Å². The van der Waals surface area contributed by atoms with Crippen molar-refractivity contribution in [2.24, 2.45) is 0 Å². The Kier molecular flexibility index (Phi) is 5.55. The van der Waals surface area contributed by atoms with Gasteiger partial charge in [-0.25, -0.2) is 9.97 Å². The maximum absolute atomic E-state index is 11.1. The highest BCUT2D eigenvalue weighted by Gasteiger charge is 2.15. The highest BCUT2D eigenvalue weighted by atomic mass is 32.2. The van der Waals surface area contributed by atoms with Crippen LogP contribution in [0.1, 0.15) is 12.6 Å². The summed E-state index contributed by atoms with van der Waals surface area (Å²) in [5.74, 6) is 0.561. The number of thiazole rings is 1. The van der Waals surface area contributed by atoms with Crippen molar-refractivity contribution in [1.29, 1.82) is 0 Å². The summed E-state index contributed by atoms with van der Waals surface area (Å²) in [7, 11) is 0. The van der Waals surface area contributed by atoms with E-state index in [1.165, 1.54) is 18.3 Å². The molecule has 4 aromatic rings. The summed E-state index contributed by atoms with van der Waals surface area (Å²) in [5, 5.41) is 6.13. The lowest BCUT2D eigenvalue weighted by Crippen LogP contribution is -2.05. The van der Waals surface area contributed by atoms with Crippen LogP contribution in [0.4, 0.5) is 5.13 Å². The molecule has 7 heteroatoms. The highest BCUT2D eigenvalue weighted by molar-refractivity contribution is 7.98. The van der Waals surface area contributed by atoms with Crippen LogP contribution in [0.2, 0.25) is 0 Å². The molecular weight excluding hydrogens is 388 g/mol. The second-order valence-corrected chi connectivity index (χ2v) is 7.93. The average molecular weight is 407 g/mol. The number of hydrogen-bond acceptors (Lipinski definition) is 5. The number of aromatic amines is 1. The standard InChI is InChI=1S/C21H18N4OS2/c1-14(26)22-20-23-17(12-27-20)13-28-21-24-18(15-8-4-2-5-9-15)19(25-21)16-10-6-3-7-11-16/h2-12H,13H2,1H3,(H,24,25)(H,22,23,26). The van der Waals surface area contributed by atoms with Gasteiger partial charge in [-0.1, -0.05) is 72.4 Å². The van der Waals surface area contributed by atoms with E-state index in [0.29, 0.717) is 10.9 Å². The number of hydrogen-bond donors (Lipinski definition) is 2. The van der Waals surface area contributed by atoms with E-state index < -0.39 is 0 Å². The molecule has 0 saturated heterocycles. The van der Waals surface area contributed by atoms with Crippen molar-refractivity contribution < 1.29 is 4.79 Å². The zero-order chi connectivity index (χ0) is 19.3. The van der Waals surface area contributed by atoms with Gasteiger partial charge >= 0.3 is 0 Å². The second-order valence-electron chi connectivity index (χ2n) is 6.11. The van der Waals surface area contributed by atoms with E-state index >= 15 is 0 Å². The average Bonchev–Trinajstić information content (AvgIpc) is 3.34. The Bertz CT molecular complexity index is 1020. The molecule has 1 amide bonds. The first kappa shape index (κ1) is 18.5. The predicted molar refractivity (Wildman–Crippen MR) is 115 cm³/mol. The number of rotatable bonds is 6. The van der Waals surface area contributed by atoms with E-state index in [-0.39, 0.29) is 5.91 Å². The summed E-state index contributed by atoms with van der Waals surface area (Å²) in [6, 6.07) is 20.4. The molecule has 0 aliphatic heterocycles. The molecule has 2 aromatic heterocycles. The monoisotopic (exact) mass is 406 g/mol. The molecular formula is C21H18N4OS2. The topological polar surface area (TPSA) is 70.7 Å². The molecule has 2 aromatic carbocycles. The lowest BCUT2D eigenvalue weighted by atomic mass is 10.1. The number of nitrogens with zero attached hydrogens (tertiary/aromatic N) is 2. The van der Waals surface area contributed by atoms with Crippen molar-refractivity contribution in [3.63, 3.8) is 0 Å². The van der Waals surface area contributed by atoms with Crippen molar-refractivity contribution in [3.05, 3.63) is 71.7 Å². The number of imidazole rings is 1. The zero-order valence-corrected chi connectivity index (χ0v) is 16.8. The van der Waals surface area contributed by atoms with Gasteiger partial charge < -0.3 is 10.3 Å². The van der Waals surface area contributed by atoms with Gasteiger partial charge in [-0.05, 0) is 0 Å². The van der Waals surface area contributed by atoms with Crippen molar-refractivity contribution >= 4 is 34.1 Å². The lowest BCUT2D eigenvalue weighted by Gasteiger charge is -2.02. The molecule has 5 nitrogen and oxygen atoms in total. The van der Waals surface area contributed by atoms with Gasteiger partial charge in [0.1, 0.15) is 0 Å². The maximum atomic E-state index is 11.1. The Morgan fingerprint density at radius 2 is 1.71 bits per heavy atom. The molecule has 0 saturated carbocycles. The third-order valence-corrected chi connectivity index (χ3v) is 5.70. The number of carbonyl (C=O) groups is 1. The van der Waals surface area contributed by atoms with Crippen LogP contribution >= 0.6 is 23.1 Å². The van der Waals surface area contributed by atoms with Crippen LogP contribution in [0.3, 0.4) is 0 Å². The second kappa shape index (κ2) is 8.41. The Morgan fingerprint density at radius 1 is 1.04 bits per heavy atom. The van der Waals surface area contributed by atoms with Gasteiger partial charge in [0, 0.05) is 29.2 Å². The van der Waals surface area contributed by atoms with E-state index in [1.807, 2.05) is 41.8 Å². The largest absolute Gasteiger partial charge is 0.332 e. The summed E-state index contributed by atoms with van der Waals surface area (Å²) in [5.41, 5.74) is 5.03. The number of nitrogens with one attached hydrogen (secondary N) is 2. The first-order valence-corrected chi connectivity index (χ1v) is 10.6. The summed E-state index contributed by atoms with van der Waals surface area (Å²) in [4.78, 5) is 23.9. The van der Waals surface area contributed by atoms with Gasteiger partial charge in [-0.15, -0.1) is 11.3 Å². The van der Waals surface area contributed by atoms with Crippen LogP contribution in [0, 0.1) is 0 Å². The van der Waals surface area contributed by atoms with E-state index in [0.717, 1.165) is 33.4 Å². The smallest absolute Gasteiger partial charge is 0.223 e. The number of anilines is 1. The molecule has 0 fully saturated rings. The Balaban J connectivity index is 1.59. The number of amides is 1. The van der Waals surface area contributed by atoms with Gasteiger partial charge in [0.25, 0.3) is 0 Å². The van der Waals surface area contributed by atoms with Crippen molar-refractivity contribution in [2.45, 2.75) is 17.8 Å². The molecule has 140 valence electrons. The van der Waals surface area contributed by atoms with E-state index in [4.69, 9.17) is 4.98 Å². The molecule has 2 N–H and O–H groups in total.